The minimum absolute atomic E-state index is 0.139. The fraction of sp³-hybridized carbons (Fsp3) is 0.0435. The summed E-state index contributed by atoms with van der Waals surface area (Å²) in [4.78, 5) is 25.1. The molecule has 0 atom stereocenters. The SMILES string of the molecule is Cc1ccc(C(=O)Oc2ccc3c(=O)c(-c4ccc(Br)cc4)coc3c2)cc1. The zero-order valence-electron chi connectivity index (χ0n) is 14.9. The first-order chi connectivity index (χ1) is 13.5. The molecule has 0 radical (unpaired) electrons. The van der Waals surface area contributed by atoms with Crippen LogP contribution in [0.15, 0.2) is 86.7 Å². The van der Waals surface area contributed by atoms with Gasteiger partial charge >= 0.3 is 5.97 Å². The fourth-order valence-electron chi connectivity index (χ4n) is 2.86. The van der Waals surface area contributed by atoms with Gasteiger partial charge in [0.1, 0.15) is 17.6 Å². The van der Waals surface area contributed by atoms with E-state index in [1.807, 2.05) is 43.3 Å². The van der Waals surface area contributed by atoms with E-state index in [-0.39, 0.29) is 5.43 Å². The molecule has 0 aliphatic carbocycles. The van der Waals surface area contributed by atoms with Gasteiger partial charge in [-0.05, 0) is 48.9 Å². The standard InChI is InChI=1S/C23H15BrO4/c1-14-2-4-16(5-3-14)23(26)28-18-10-11-19-21(12-18)27-13-20(22(19)25)15-6-8-17(24)9-7-15/h2-13H,1H3. The molecule has 4 aromatic rings. The molecule has 0 saturated heterocycles. The van der Waals surface area contributed by atoms with Crippen molar-refractivity contribution in [2.24, 2.45) is 0 Å². The van der Waals surface area contributed by atoms with E-state index in [1.54, 1.807) is 30.3 Å². The highest BCUT2D eigenvalue weighted by molar-refractivity contribution is 9.10. The van der Waals surface area contributed by atoms with E-state index in [0.717, 1.165) is 15.6 Å². The maximum Gasteiger partial charge on any atom is 0.343 e. The Morgan fingerprint density at radius 1 is 0.964 bits per heavy atom. The number of carbonyl (C=O) groups excluding carboxylic acids is 1. The molecular formula is C23H15BrO4. The summed E-state index contributed by atoms with van der Waals surface area (Å²) in [7, 11) is 0. The van der Waals surface area contributed by atoms with Crippen molar-refractivity contribution in [1.82, 2.24) is 0 Å². The maximum atomic E-state index is 12.8. The molecule has 0 N–H and O–H groups in total. The molecule has 1 heterocycles. The second-order valence-electron chi connectivity index (χ2n) is 6.40. The summed E-state index contributed by atoms with van der Waals surface area (Å²) < 4.78 is 12.0. The number of rotatable bonds is 3. The average Bonchev–Trinajstić information content (AvgIpc) is 2.69. The molecular weight excluding hydrogens is 420 g/mol. The Hall–Kier alpha value is -3.18. The summed E-state index contributed by atoms with van der Waals surface area (Å²) in [5.74, 6) is -0.147. The Balaban J connectivity index is 1.65. The zero-order valence-corrected chi connectivity index (χ0v) is 16.5. The van der Waals surface area contributed by atoms with Gasteiger partial charge in [0.05, 0.1) is 16.5 Å². The van der Waals surface area contributed by atoms with Gasteiger partial charge < -0.3 is 9.15 Å². The molecule has 5 heteroatoms. The van der Waals surface area contributed by atoms with Crippen molar-refractivity contribution in [2.75, 3.05) is 0 Å². The van der Waals surface area contributed by atoms with Gasteiger partial charge in [0.2, 0.25) is 0 Å². The van der Waals surface area contributed by atoms with Crippen molar-refractivity contribution in [3.05, 3.63) is 98.8 Å². The first-order valence-corrected chi connectivity index (χ1v) is 9.41. The summed E-state index contributed by atoms with van der Waals surface area (Å²) in [5.41, 5.74) is 2.99. The first kappa shape index (κ1) is 18.2. The zero-order chi connectivity index (χ0) is 19.7. The number of carbonyl (C=O) groups is 1. The van der Waals surface area contributed by atoms with E-state index in [4.69, 9.17) is 9.15 Å². The van der Waals surface area contributed by atoms with Crippen molar-refractivity contribution in [1.29, 1.82) is 0 Å². The Kier molecular flexibility index (Phi) is 4.84. The topological polar surface area (TPSA) is 56.5 Å². The summed E-state index contributed by atoms with van der Waals surface area (Å²) in [6.45, 7) is 1.95. The Morgan fingerprint density at radius 2 is 1.68 bits per heavy atom. The number of ether oxygens (including phenoxy) is 1. The van der Waals surface area contributed by atoms with Gasteiger partial charge in [-0.15, -0.1) is 0 Å². The van der Waals surface area contributed by atoms with Crippen molar-refractivity contribution in [3.63, 3.8) is 0 Å². The Labute approximate surface area is 169 Å². The van der Waals surface area contributed by atoms with Gasteiger partial charge in [-0.3, -0.25) is 4.79 Å². The van der Waals surface area contributed by atoms with Crippen LogP contribution in [0.4, 0.5) is 0 Å². The van der Waals surface area contributed by atoms with Gasteiger partial charge in [-0.2, -0.15) is 0 Å². The fourth-order valence-corrected chi connectivity index (χ4v) is 3.12. The number of benzene rings is 3. The minimum atomic E-state index is -0.465. The third kappa shape index (κ3) is 3.62. The molecule has 0 bridgehead atoms. The van der Waals surface area contributed by atoms with Gasteiger partial charge in [0, 0.05) is 10.5 Å². The molecule has 0 aliphatic heterocycles. The molecule has 0 unspecified atom stereocenters. The number of hydrogen-bond acceptors (Lipinski definition) is 4. The van der Waals surface area contributed by atoms with Crippen LogP contribution < -0.4 is 10.2 Å². The normalized spacial score (nSPS) is 10.8. The van der Waals surface area contributed by atoms with Crippen molar-refractivity contribution in [3.8, 4) is 16.9 Å². The number of hydrogen-bond donors (Lipinski definition) is 0. The van der Waals surface area contributed by atoms with Gasteiger partial charge in [-0.25, -0.2) is 4.79 Å². The van der Waals surface area contributed by atoms with Crippen LogP contribution in [-0.4, -0.2) is 5.97 Å². The van der Waals surface area contributed by atoms with E-state index in [9.17, 15) is 9.59 Å². The molecule has 0 saturated carbocycles. The highest BCUT2D eigenvalue weighted by atomic mass is 79.9. The minimum Gasteiger partial charge on any atom is -0.463 e. The van der Waals surface area contributed by atoms with Crippen LogP contribution in [0.25, 0.3) is 22.1 Å². The summed E-state index contributed by atoms with van der Waals surface area (Å²) in [6, 6.07) is 19.3. The average molecular weight is 435 g/mol. The Morgan fingerprint density at radius 3 is 2.39 bits per heavy atom. The maximum absolute atomic E-state index is 12.8. The van der Waals surface area contributed by atoms with Crippen molar-refractivity contribution >= 4 is 32.9 Å². The van der Waals surface area contributed by atoms with E-state index in [1.165, 1.54) is 6.26 Å². The van der Waals surface area contributed by atoms with Crippen LogP contribution in [0, 0.1) is 6.92 Å². The summed E-state index contributed by atoms with van der Waals surface area (Å²) in [5, 5.41) is 0.426. The van der Waals surface area contributed by atoms with Crippen LogP contribution in [-0.2, 0) is 0 Å². The molecule has 3 aromatic carbocycles. The van der Waals surface area contributed by atoms with Crippen LogP contribution in [0.3, 0.4) is 0 Å². The smallest absolute Gasteiger partial charge is 0.343 e. The van der Waals surface area contributed by atoms with E-state index in [0.29, 0.717) is 27.8 Å². The van der Waals surface area contributed by atoms with E-state index < -0.39 is 5.97 Å². The van der Waals surface area contributed by atoms with Crippen LogP contribution in [0.5, 0.6) is 5.75 Å². The lowest BCUT2D eigenvalue weighted by Crippen LogP contribution is -2.09. The van der Waals surface area contributed by atoms with Crippen LogP contribution in [0.2, 0.25) is 0 Å². The van der Waals surface area contributed by atoms with Crippen LogP contribution >= 0.6 is 15.9 Å². The predicted molar refractivity (Wildman–Crippen MR) is 112 cm³/mol. The largest absolute Gasteiger partial charge is 0.463 e. The molecule has 4 nitrogen and oxygen atoms in total. The van der Waals surface area contributed by atoms with E-state index in [2.05, 4.69) is 15.9 Å². The van der Waals surface area contributed by atoms with Crippen molar-refractivity contribution < 1.29 is 13.9 Å². The number of aryl methyl sites for hydroxylation is 1. The predicted octanol–water partition coefficient (Wildman–Crippen LogP) is 5.75. The lowest BCUT2D eigenvalue weighted by molar-refractivity contribution is 0.0735. The second kappa shape index (κ2) is 7.44. The molecule has 138 valence electrons. The first-order valence-electron chi connectivity index (χ1n) is 8.61. The quantitative estimate of drug-likeness (QED) is 0.304. The molecule has 0 fully saturated rings. The van der Waals surface area contributed by atoms with Crippen LogP contribution in [0.1, 0.15) is 15.9 Å². The van der Waals surface area contributed by atoms with Crippen molar-refractivity contribution in [2.45, 2.75) is 6.92 Å². The molecule has 0 spiro atoms. The third-order valence-electron chi connectivity index (χ3n) is 4.40. The summed E-state index contributed by atoms with van der Waals surface area (Å²) >= 11 is 3.38. The third-order valence-corrected chi connectivity index (χ3v) is 4.93. The second-order valence-corrected chi connectivity index (χ2v) is 7.31. The number of fused-ring (bicyclic) bond motifs is 1. The molecule has 28 heavy (non-hydrogen) atoms. The highest BCUT2D eigenvalue weighted by Gasteiger charge is 2.12. The molecule has 0 amide bonds. The number of esters is 1. The lowest BCUT2D eigenvalue weighted by atomic mass is 10.1. The van der Waals surface area contributed by atoms with Gasteiger partial charge in [0.25, 0.3) is 0 Å². The Bertz CT molecular complexity index is 1220. The lowest BCUT2D eigenvalue weighted by Gasteiger charge is -2.07. The molecule has 4 rings (SSSR count). The van der Waals surface area contributed by atoms with E-state index >= 15 is 0 Å². The molecule has 1 aromatic heterocycles. The van der Waals surface area contributed by atoms with Gasteiger partial charge in [-0.1, -0.05) is 45.8 Å². The number of halogens is 1. The highest BCUT2D eigenvalue weighted by Crippen LogP contribution is 2.24. The summed E-state index contributed by atoms with van der Waals surface area (Å²) in [6.07, 6.45) is 1.43. The van der Waals surface area contributed by atoms with Gasteiger partial charge in [0.15, 0.2) is 5.43 Å². The monoisotopic (exact) mass is 434 g/mol. The molecule has 0 aliphatic rings.